The van der Waals surface area contributed by atoms with Crippen molar-refractivity contribution in [3.63, 3.8) is 0 Å². The first-order valence-electron chi connectivity index (χ1n) is 8.42. The molecule has 0 fully saturated rings. The smallest absolute Gasteiger partial charge is 0.408 e. The van der Waals surface area contributed by atoms with Gasteiger partial charge in [0.05, 0.1) is 16.4 Å². The predicted molar refractivity (Wildman–Crippen MR) is 108 cm³/mol. The predicted octanol–water partition coefficient (Wildman–Crippen LogP) is 6.04. The summed E-state index contributed by atoms with van der Waals surface area (Å²) in [4.78, 5) is 25.0. The molecule has 0 atom stereocenters. The number of ketones is 1. The Labute approximate surface area is 166 Å². The van der Waals surface area contributed by atoms with Crippen LogP contribution in [-0.4, -0.2) is 17.5 Å². The fraction of sp³-hybridized carbons (Fsp3) is 0.300. The summed E-state index contributed by atoms with van der Waals surface area (Å²) < 4.78 is 11.0. The van der Waals surface area contributed by atoms with E-state index in [0.29, 0.717) is 21.2 Å². The first-order valence-corrected chi connectivity index (χ1v) is 9.62. The monoisotopic (exact) mass is 405 g/mol. The summed E-state index contributed by atoms with van der Waals surface area (Å²) in [6.45, 7) is 7.15. The summed E-state index contributed by atoms with van der Waals surface area (Å²) in [7, 11) is 0. The van der Waals surface area contributed by atoms with Crippen LogP contribution in [0.3, 0.4) is 0 Å². The van der Waals surface area contributed by atoms with E-state index in [9.17, 15) is 9.59 Å². The molecule has 0 aliphatic heterocycles. The fourth-order valence-corrected chi connectivity index (χ4v) is 3.70. The molecular formula is C20H20ClNO4S. The maximum atomic E-state index is 11.8. The minimum atomic E-state index is -0.560. The fourth-order valence-electron chi connectivity index (χ4n) is 2.55. The molecule has 3 rings (SSSR count). The minimum Gasteiger partial charge on any atom is -0.458 e. The first-order chi connectivity index (χ1) is 12.6. The van der Waals surface area contributed by atoms with Gasteiger partial charge in [-0.25, -0.2) is 4.79 Å². The Kier molecular flexibility index (Phi) is 5.31. The topological polar surface area (TPSA) is 68.5 Å². The molecule has 2 aromatic heterocycles. The second-order valence-corrected chi connectivity index (χ2v) is 8.66. The van der Waals surface area contributed by atoms with Crippen molar-refractivity contribution in [2.75, 3.05) is 0 Å². The van der Waals surface area contributed by atoms with Gasteiger partial charge in [0.25, 0.3) is 0 Å². The molecule has 142 valence electrons. The van der Waals surface area contributed by atoms with Crippen molar-refractivity contribution in [3.8, 4) is 10.4 Å². The van der Waals surface area contributed by atoms with Gasteiger partial charge in [-0.05, 0) is 63.6 Å². The Balaban J connectivity index is 1.82. The molecule has 0 unspecified atom stereocenters. The molecule has 0 aliphatic carbocycles. The van der Waals surface area contributed by atoms with Gasteiger partial charge >= 0.3 is 6.09 Å². The highest BCUT2D eigenvalue weighted by Gasteiger charge is 2.17. The zero-order valence-electron chi connectivity index (χ0n) is 15.5. The molecule has 0 radical (unpaired) electrons. The lowest BCUT2D eigenvalue weighted by molar-refractivity contribution is 0.0520. The number of rotatable bonds is 4. The average molecular weight is 406 g/mol. The molecule has 7 heteroatoms. The van der Waals surface area contributed by atoms with Crippen LogP contribution in [0.1, 0.15) is 43.1 Å². The van der Waals surface area contributed by atoms with E-state index in [1.165, 1.54) is 11.3 Å². The van der Waals surface area contributed by atoms with Crippen molar-refractivity contribution in [1.82, 2.24) is 5.32 Å². The number of nitrogens with one attached hydrogen (secondary N) is 1. The number of carbonyl (C=O) groups is 2. The van der Waals surface area contributed by atoms with Crippen LogP contribution in [0.2, 0.25) is 5.02 Å². The highest BCUT2D eigenvalue weighted by atomic mass is 35.5. The number of amides is 1. The molecule has 27 heavy (non-hydrogen) atoms. The Morgan fingerprint density at radius 1 is 1.22 bits per heavy atom. The van der Waals surface area contributed by atoms with Gasteiger partial charge in [0.2, 0.25) is 0 Å². The molecule has 1 aromatic carbocycles. The van der Waals surface area contributed by atoms with Crippen molar-refractivity contribution in [1.29, 1.82) is 0 Å². The maximum absolute atomic E-state index is 11.8. The number of fused-ring (bicyclic) bond motifs is 1. The van der Waals surface area contributed by atoms with Crippen LogP contribution < -0.4 is 5.32 Å². The summed E-state index contributed by atoms with van der Waals surface area (Å²) in [5, 5.41) is 3.97. The molecule has 2 heterocycles. The van der Waals surface area contributed by atoms with Crippen LogP contribution >= 0.6 is 22.9 Å². The molecule has 1 N–H and O–H groups in total. The number of thiophene rings is 1. The number of alkyl carbamates (subject to hydrolysis) is 1. The SMILES string of the molecule is CC(=O)c1ccc(-c2cc(Cl)c3oc(CNC(=O)OC(C)(C)C)cc3c2)s1. The number of hydrogen-bond donors (Lipinski definition) is 1. The number of carbonyl (C=O) groups excluding carboxylic acids is 2. The van der Waals surface area contributed by atoms with E-state index in [1.807, 2.05) is 30.3 Å². The highest BCUT2D eigenvalue weighted by molar-refractivity contribution is 7.17. The lowest BCUT2D eigenvalue weighted by Gasteiger charge is -2.19. The van der Waals surface area contributed by atoms with Crippen LogP contribution in [0.5, 0.6) is 0 Å². The van der Waals surface area contributed by atoms with Crippen molar-refractivity contribution in [3.05, 3.63) is 46.0 Å². The van der Waals surface area contributed by atoms with Crippen LogP contribution in [0.15, 0.2) is 34.7 Å². The van der Waals surface area contributed by atoms with E-state index >= 15 is 0 Å². The Hall–Kier alpha value is -2.31. The average Bonchev–Trinajstić information content (AvgIpc) is 3.18. The number of halogens is 1. The molecule has 0 spiro atoms. The van der Waals surface area contributed by atoms with Crippen LogP contribution in [0, 0.1) is 0 Å². The third kappa shape index (κ3) is 4.70. The third-order valence-electron chi connectivity index (χ3n) is 3.67. The molecule has 3 aromatic rings. The molecule has 1 amide bonds. The quantitative estimate of drug-likeness (QED) is 0.537. The van der Waals surface area contributed by atoms with E-state index in [2.05, 4.69) is 5.32 Å². The first kappa shape index (κ1) is 19.5. The highest BCUT2D eigenvalue weighted by Crippen LogP contribution is 2.35. The van der Waals surface area contributed by atoms with Crippen LogP contribution in [-0.2, 0) is 11.3 Å². The molecule has 5 nitrogen and oxygen atoms in total. The standard InChI is InChI=1S/C20H20ClNO4S/c1-11(23)16-5-6-17(27-16)12-7-13-8-14(25-18(13)15(21)9-12)10-22-19(24)26-20(2,3)4/h5-9H,10H2,1-4H3,(H,22,24). The summed E-state index contributed by atoms with van der Waals surface area (Å²) in [5.41, 5.74) is 0.914. The number of hydrogen-bond acceptors (Lipinski definition) is 5. The van der Waals surface area contributed by atoms with E-state index in [1.54, 1.807) is 27.7 Å². The largest absolute Gasteiger partial charge is 0.458 e. The van der Waals surface area contributed by atoms with Gasteiger partial charge in [-0.15, -0.1) is 11.3 Å². The number of benzene rings is 1. The van der Waals surface area contributed by atoms with Gasteiger partial charge < -0.3 is 14.5 Å². The van der Waals surface area contributed by atoms with Gasteiger partial charge in [0.1, 0.15) is 11.4 Å². The Bertz CT molecular complexity index is 1010. The zero-order valence-corrected chi connectivity index (χ0v) is 17.1. The Morgan fingerprint density at radius 2 is 1.96 bits per heavy atom. The van der Waals surface area contributed by atoms with Crippen LogP contribution in [0.25, 0.3) is 21.4 Å². The molecular weight excluding hydrogens is 386 g/mol. The van der Waals surface area contributed by atoms with Gasteiger partial charge in [-0.3, -0.25) is 4.79 Å². The van der Waals surface area contributed by atoms with Crippen molar-refractivity contribution in [2.24, 2.45) is 0 Å². The van der Waals surface area contributed by atoms with Gasteiger partial charge in [-0.1, -0.05) is 11.6 Å². The van der Waals surface area contributed by atoms with Gasteiger partial charge in [0, 0.05) is 10.3 Å². The number of ether oxygens (including phenoxy) is 1. The second-order valence-electron chi connectivity index (χ2n) is 7.16. The number of furan rings is 1. The van der Waals surface area contributed by atoms with Crippen LogP contribution in [0.4, 0.5) is 4.79 Å². The van der Waals surface area contributed by atoms with Gasteiger partial charge in [0.15, 0.2) is 11.4 Å². The summed E-state index contributed by atoms with van der Waals surface area (Å²) in [5.74, 6) is 0.614. The van der Waals surface area contributed by atoms with Crippen molar-refractivity contribution >= 4 is 45.8 Å². The molecule has 0 aliphatic rings. The number of Topliss-reactive ketones (excluding diaryl/α,β-unsaturated/α-hetero) is 1. The maximum Gasteiger partial charge on any atom is 0.408 e. The van der Waals surface area contributed by atoms with E-state index < -0.39 is 11.7 Å². The lowest BCUT2D eigenvalue weighted by Crippen LogP contribution is -2.32. The van der Waals surface area contributed by atoms with Gasteiger partial charge in [-0.2, -0.15) is 0 Å². The zero-order chi connectivity index (χ0) is 19.8. The normalized spacial score (nSPS) is 11.6. The third-order valence-corrected chi connectivity index (χ3v) is 5.18. The molecule has 0 saturated heterocycles. The molecule has 0 saturated carbocycles. The summed E-state index contributed by atoms with van der Waals surface area (Å²) in [6, 6.07) is 9.32. The molecule has 0 bridgehead atoms. The summed E-state index contributed by atoms with van der Waals surface area (Å²) >= 11 is 7.80. The second kappa shape index (κ2) is 7.37. The Morgan fingerprint density at radius 3 is 2.59 bits per heavy atom. The minimum absolute atomic E-state index is 0.0391. The lowest BCUT2D eigenvalue weighted by atomic mass is 10.1. The van der Waals surface area contributed by atoms with E-state index in [-0.39, 0.29) is 12.3 Å². The van der Waals surface area contributed by atoms with E-state index in [4.69, 9.17) is 20.8 Å². The van der Waals surface area contributed by atoms with Crippen molar-refractivity contribution < 1.29 is 18.7 Å². The van der Waals surface area contributed by atoms with E-state index in [0.717, 1.165) is 15.8 Å². The van der Waals surface area contributed by atoms with Crippen molar-refractivity contribution in [2.45, 2.75) is 39.8 Å². The summed E-state index contributed by atoms with van der Waals surface area (Å²) in [6.07, 6.45) is -0.509.